The molecule has 0 saturated carbocycles. The molecule has 0 atom stereocenters. The van der Waals surface area contributed by atoms with E-state index in [1.165, 1.54) is 0 Å². The monoisotopic (exact) mass is 214 g/mol. The van der Waals surface area contributed by atoms with Crippen molar-refractivity contribution in [3.8, 4) is 22.6 Å². The van der Waals surface area contributed by atoms with Crippen molar-refractivity contribution in [1.82, 2.24) is 0 Å². The number of rotatable bonds is 1. The lowest BCUT2D eigenvalue weighted by Crippen LogP contribution is -1.88. The third-order valence-corrected chi connectivity index (χ3v) is 2.79. The van der Waals surface area contributed by atoms with Crippen LogP contribution in [0.25, 0.3) is 11.1 Å². The van der Waals surface area contributed by atoms with Crippen molar-refractivity contribution in [2.24, 2.45) is 0 Å². The van der Waals surface area contributed by atoms with Gasteiger partial charge in [0.25, 0.3) is 0 Å². The predicted molar refractivity (Wildman–Crippen MR) is 64.7 cm³/mol. The van der Waals surface area contributed by atoms with E-state index in [1.807, 2.05) is 30.3 Å². The highest BCUT2D eigenvalue weighted by Crippen LogP contribution is 2.39. The van der Waals surface area contributed by atoms with Gasteiger partial charge >= 0.3 is 0 Å². The fourth-order valence-electron chi connectivity index (χ4n) is 1.84. The lowest BCUT2D eigenvalue weighted by Gasteiger charge is -2.12. The fraction of sp³-hybridized carbons (Fsp3) is 0.143. The number of aromatic hydroxyl groups is 2. The molecule has 2 aromatic rings. The largest absolute Gasteiger partial charge is 0.508 e. The van der Waals surface area contributed by atoms with Crippen LogP contribution in [0.1, 0.15) is 11.1 Å². The molecule has 0 bridgehead atoms. The maximum atomic E-state index is 10.0. The summed E-state index contributed by atoms with van der Waals surface area (Å²) in [4.78, 5) is 0. The molecule has 0 aromatic heterocycles. The molecule has 0 aliphatic carbocycles. The Morgan fingerprint density at radius 2 is 1.56 bits per heavy atom. The zero-order valence-electron chi connectivity index (χ0n) is 9.36. The SMILES string of the molecule is Cc1cc(O)c(C)c(-c2ccccc2)c1O. The summed E-state index contributed by atoms with van der Waals surface area (Å²) in [6, 6.07) is 11.2. The first-order chi connectivity index (χ1) is 7.61. The first-order valence-electron chi connectivity index (χ1n) is 5.19. The van der Waals surface area contributed by atoms with Gasteiger partial charge in [-0.2, -0.15) is 0 Å². The lowest BCUT2D eigenvalue weighted by molar-refractivity contribution is 0.455. The summed E-state index contributed by atoms with van der Waals surface area (Å²) in [6.07, 6.45) is 0. The van der Waals surface area contributed by atoms with E-state index < -0.39 is 0 Å². The van der Waals surface area contributed by atoms with E-state index in [4.69, 9.17) is 0 Å². The zero-order chi connectivity index (χ0) is 11.7. The minimum absolute atomic E-state index is 0.217. The molecule has 0 saturated heterocycles. The van der Waals surface area contributed by atoms with Crippen molar-refractivity contribution in [1.29, 1.82) is 0 Å². The number of phenolic OH excluding ortho intramolecular Hbond substituents is 2. The van der Waals surface area contributed by atoms with Gasteiger partial charge in [0.05, 0.1) is 0 Å². The van der Waals surface area contributed by atoms with Gasteiger partial charge in [0.2, 0.25) is 0 Å². The Labute approximate surface area is 94.8 Å². The molecule has 2 aromatic carbocycles. The van der Waals surface area contributed by atoms with E-state index in [0.717, 1.165) is 5.56 Å². The second kappa shape index (κ2) is 3.89. The van der Waals surface area contributed by atoms with Crippen LogP contribution in [0, 0.1) is 13.8 Å². The van der Waals surface area contributed by atoms with Crippen LogP contribution in [-0.4, -0.2) is 10.2 Å². The second-order valence-corrected chi connectivity index (χ2v) is 3.93. The Morgan fingerprint density at radius 3 is 2.19 bits per heavy atom. The van der Waals surface area contributed by atoms with Gasteiger partial charge in [0.1, 0.15) is 11.5 Å². The minimum Gasteiger partial charge on any atom is -0.508 e. The van der Waals surface area contributed by atoms with Crippen molar-refractivity contribution in [2.45, 2.75) is 13.8 Å². The quantitative estimate of drug-likeness (QED) is 0.714. The molecule has 0 unspecified atom stereocenters. The molecule has 82 valence electrons. The van der Waals surface area contributed by atoms with Gasteiger partial charge in [-0.1, -0.05) is 30.3 Å². The average Bonchev–Trinajstić information content (AvgIpc) is 2.28. The predicted octanol–water partition coefficient (Wildman–Crippen LogP) is 3.38. The van der Waals surface area contributed by atoms with Crippen LogP contribution in [-0.2, 0) is 0 Å². The zero-order valence-corrected chi connectivity index (χ0v) is 9.36. The molecule has 0 heterocycles. The molecule has 2 N–H and O–H groups in total. The number of benzene rings is 2. The van der Waals surface area contributed by atoms with Gasteiger partial charge in [-0.15, -0.1) is 0 Å². The van der Waals surface area contributed by atoms with Crippen LogP contribution in [0.15, 0.2) is 36.4 Å². The van der Waals surface area contributed by atoms with E-state index in [9.17, 15) is 10.2 Å². The van der Waals surface area contributed by atoms with Gasteiger partial charge in [-0.3, -0.25) is 0 Å². The van der Waals surface area contributed by atoms with E-state index >= 15 is 0 Å². The molecule has 0 spiro atoms. The average molecular weight is 214 g/mol. The number of aryl methyl sites for hydroxylation is 1. The van der Waals surface area contributed by atoms with Gasteiger partial charge in [0.15, 0.2) is 0 Å². The van der Waals surface area contributed by atoms with E-state index in [2.05, 4.69) is 0 Å². The van der Waals surface area contributed by atoms with Crippen LogP contribution >= 0.6 is 0 Å². The van der Waals surface area contributed by atoms with E-state index in [0.29, 0.717) is 16.7 Å². The molecule has 16 heavy (non-hydrogen) atoms. The van der Waals surface area contributed by atoms with Crippen LogP contribution in [0.4, 0.5) is 0 Å². The minimum atomic E-state index is 0.217. The number of hydrogen-bond donors (Lipinski definition) is 2. The van der Waals surface area contributed by atoms with E-state index in [-0.39, 0.29) is 11.5 Å². The Balaban J connectivity index is 2.74. The van der Waals surface area contributed by atoms with Crippen molar-refractivity contribution in [3.05, 3.63) is 47.5 Å². The van der Waals surface area contributed by atoms with Crippen molar-refractivity contribution < 1.29 is 10.2 Å². The normalized spacial score (nSPS) is 10.4. The van der Waals surface area contributed by atoms with Crippen molar-refractivity contribution >= 4 is 0 Å². The van der Waals surface area contributed by atoms with Crippen LogP contribution < -0.4 is 0 Å². The molecule has 0 amide bonds. The summed E-state index contributed by atoms with van der Waals surface area (Å²) < 4.78 is 0. The standard InChI is InChI=1S/C14H14O2/c1-9-8-12(15)10(2)13(14(9)16)11-6-4-3-5-7-11/h3-8,15-16H,1-2H3. The maximum Gasteiger partial charge on any atom is 0.126 e. The Hall–Kier alpha value is -1.96. The summed E-state index contributed by atoms with van der Waals surface area (Å²) in [6.45, 7) is 3.58. The molecular weight excluding hydrogens is 200 g/mol. The third kappa shape index (κ3) is 1.63. The van der Waals surface area contributed by atoms with E-state index in [1.54, 1.807) is 19.9 Å². The summed E-state index contributed by atoms with van der Waals surface area (Å²) >= 11 is 0. The Kier molecular flexibility index (Phi) is 2.57. The second-order valence-electron chi connectivity index (χ2n) is 3.93. The highest BCUT2D eigenvalue weighted by Gasteiger charge is 2.13. The fourth-order valence-corrected chi connectivity index (χ4v) is 1.84. The van der Waals surface area contributed by atoms with Crippen molar-refractivity contribution in [3.63, 3.8) is 0 Å². The molecular formula is C14H14O2. The smallest absolute Gasteiger partial charge is 0.126 e. The first kappa shape index (κ1) is 10.6. The maximum absolute atomic E-state index is 10.0. The van der Waals surface area contributed by atoms with Crippen LogP contribution in [0.2, 0.25) is 0 Å². The third-order valence-electron chi connectivity index (χ3n) is 2.79. The molecule has 0 fully saturated rings. The molecule has 0 aliphatic rings. The van der Waals surface area contributed by atoms with Crippen LogP contribution in [0.5, 0.6) is 11.5 Å². The molecule has 0 aliphatic heterocycles. The van der Waals surface area contributed by atoms with Crippen molar-refractivity contribution in [2.75, 3.05) is 0 Å². The molecule has 2 nitrogen and oxygen atoms in total. The summed E-state index contributed by atoms with van der Waals surface area (Å²) in [5.41, 5.74) is 3.01. The van der Waals surface area contributed by atoms with Gasteiger partial charge < -0.3 is 10.2 Å². The Morgan fingerprint density at radius 1 is 0.938 bits per heavy atom. The number of hydrogen-bond acceptors (Lipinski definition) is 2. The lowest BCUT2D eigenvalue weighted by atomic mass is 9.96. The summed E-state index contributed by atoms with van der Waals surface area (Å²) in [5, 5.41) is 19.8. The highest BCUT2D eigenvalue weighted by atomic mass is 16.3. The highest BCUT2D eigenvalue weighted by molar-refractivity contribution is 5.77. The summed E-state index contributed by atoms with van der Waals surface area (Å²) in [7, 11) is 0. The molecule has 0 radical (unpaired) electrons. The van der Waals surface area contributed by atoms with Gasteiger partial charge in [0, 0.05) is 11.1 Å². The van der Waals surface area contributed by atoms with Gasteiger partial charge in [-0.05, 0) is 31.0 Å². The first-order valence-corrected chi connectivity index (χ1v) is 5.19. The number of phenols is 2. The van der Waals surface area contributed by atoms with Crippen LogP contribution in [0.3, 0.4) is 0 Å². The Bertz CT molecular complexity index is 490. The molecule has 2 heteroatoms. The topological polar surface area (TPSA) is 40.5 Å². The summed E-state index contributed by atoms with van der Waals surface area (Å²) in [5.74, 6) is 0.454. The van der Waals surface area contributed by atoms with Gasteiger partial charge in [-0.25, -0.2) is 0 Å². The molecule has 2 rings (SSSR count).